The number of nitrogens with one attached hydrogen (secondary N) is 1. The van der Waals surface area contributed by atoms with Crippen LogP contribution >= 0.6 is 0 Å². The lowest BCUT2D eigenvalue weighted by Gasteiger charge is -2.50. The first-order valence-electron chi connectivity index (χ1n) is 13.4. The Morgan fingerprint density at radius 3 is 2.53 bits per heavy atom. The highest BCUT2D eigenvalue weighted by atomic mass is 16.6. The van der Waals surface area contributed by atoms with E-state index in [1.54, 1.807) is 19.1 Å². The van der Waals surface area contributed by atoms with E-state index in [1.165, 1.54) is 13.8 Å². The van der Waals surface area contributed by atoms with Crippen molar-refractivity contribution in [3.63, 3.8) is 0 Å². The van der Waals surface area contributed by atoms with Gasteiger partial charge in [-0.05, 0) is 44.7 Å². The maximum atomic E-state index is 14.3. The Balaban J connectivity index is 1.72. The molecule has 8 heteroatoms. The van der Waals surface area contributed by atoms with E-state index in [4.69, 9.17) is 9.47 Å². The topological polar surface area (TPSA) is 125 Å². The SMILES string of the molecule is CC(=O)O[C@@H]1[C@@H]2O[C@H]2[C@@](C)(O)C(=O)[C@@H](C)C/C=C/[C@H]2[C@H](O)C(C)=C(C)[C@@H]3[C@H](Cc4ccccc4)NC(=O)[C@]132. The second-order valence-electron chi connectivity index (χ2n) is 11.6. The van der Waals surface area contributed by atoms with E-state index in [0.29, 0.717) is 12.8 Å². The van der Waals surface area contributed by atoms with Gasteiger partial charge in [-0.1, -0.05) is 55.0 Å². The number of amides is 1. The summed E-state index contributed by atoms with van der Waals surface area (Å²) in [6.45, 7) is 8.23. The van der Waals surface area contributed by atoms with Crippen molar-refractivity contribution < 1.29 is 34.1 Å². The monoisotopic (exact) mass is 523 g/mol. The van der Waals surface area contributed by atoms with Crippen LogP contribution in [0.1, 0.15) is 46.6 Å². The van der Waals surface area contributed by atoms with Gasteiger partial charge in [0, 0.05) is 30.7 Å². The van der Waals surface area contributed by atoms with Gasteiger partial charge in [0.15, 0.2) is 5.78 Å². The second kappa shape index (κ2) is 9.43. The molecule has 2 aliphatic carbocycles. The summed E-state index contributed by atoms with van der Waals surface area (Å²) in [5.74, 6) is -2.99. The van der Waals surface area contributed by atoms with Crippen LogP contribution in [0, 0.1) is 23.2 Å². The third-order valence-corrected chi connectivity index (χ3v) is 9.27. The summed E-state index contributed by atoms with van der Waals surface area (Å²) in [7, 11) is 0. The number of ketones is 1. The van der Waals surface area contributed by atoms with Gasteiger partial charge in [0.25, 0.3) is 0 Å². The van der Waals surface area contributed by atoms with E-state index < -0.39 is 59.2 Å². The van der Waals surface area contributed by atoms with Crippen molar-refractivity contribution in [2.45, 2.75) is 83.5 Å². The van der Waals surface area contributed by atoms with E-state index in [2.05, 4.69) is 5.32 Å². The number of benzene rings is 1. The molecule has 204 valence electrons. The normalized spacial score (nSPS) is 43.2. The van der Waals surface area contributed by atoms with Gasteiger partial charge in [-0.2, -0.15) is 0 Å². The molecule has 5 rings (SSSR count). The number of hydrogen-bond donors (Lipinski definition) is 3. The van der Waals surface area contributed by atoms with Crippen LogP contribution in [0.5, 0.6) is 0 Å². The molecule has 0 aromatic heterocycles. The summed E-state index contributed by atoms with van der Waals surface area (Å²) in [4.78, 5) is 40.0. The summed E-state index contributed by atoms with van der Waals surface area (Å²) in [6, 6.07) is 9.51. The van der Waals surface area contributed by atoms with E-state index in [0.717, 1.165) is 16.7 Å². The highest BCUT2D eigenvalue weighted by Crippen LogP contribution is 2.60. The van der Waals surface area contributed by atoms with Gasteiger partial charge in [0.1, 0.15) is 29.3 Å². The molecule has 2 heterocycles. The molecular weight excluding hydrogens is 486 g/mol. The van der Waals surface area contributed by atoms with Gasteiger partial charge in [-0.15, -0.1) is 0 Å². The minimum absolute atomic E-state index is 0.325. The van der Waals surface area contributed by atoms with Gasteiger partial charge in [0.2, 0.25) is 5.91 Å². The standard InChI is InChI=1S/C30H37NO7/c1-15-10-9-13-20-23(33)17(3)16(2)22-21(14-19-11-7-6-8-12-19)31-28(35)30(20,22)27(37-18(4)32)24-26(38-24)29(5,36)25(15)34/h6-9,11-13,15,20-24,26-27,33,36H,10,14H2,1-5H3,(H,31,35)/b13-9+/t15-,20-,21-,22+,23+,24+,26+,27+,29-,30-/m0/s1. The van der Waals surface area contributed by atoms with Crippen molar-refractivity contribution >= 4 is 17.7 Å². The number of aliphatic hydroxyl groups is 2. The van der Waals surface area contributed by atoms with Crippen molar-refractivity contribution in [2.75, 3.05) is 0 Å². The van der Waals surface area contributed by atoms with Crippen LogP contribution in [0.2, 0.25) is 0 Å². The number of epoxide rings is 1. The van der Waals surface area contributed by atoms with Gasteiger partial charge in [-0.25, -0.2) is 0 Å². The number of allylic oxidation sites excluding steroid dienone is 1. The summed E-state index contributed by atoms with van der Waals surface area (Å²) in [5.41, 5.74) is -0.550. The lowest BCUT2D eigenvalue weighted by atomic mass is 9.53. The predicted molar refractivity (Wildman–Crippen MR) is 139 cm³/mol. The van der Waals surface area contributed by atoms with Crippen molar-refractivity contribution in [1.29, 1.82) is 0 Å². The minimum atomic E-state index is -1.82. The average molecular weight is 524 g/mol. The molecule has 1 amide bonds. The first-order chi connectivity index (χ1) is 17.9. The first kappa shape index (κ1) is 26.8. The fourth-order valence-corrected chi connectivity index (χ4v) is 7.27. The number of aliphatic hydroxyl groups excluding tert-OH is 1. The Morgan fingerprint density at radius 2 is 1.87 bits per heavy atom. The van der Waals surface area contributed by atoms with Crippen LogP contribution < -0.4 is 5.32 Å². The summed E-state index contributed by atoms with van der Waals surface area (Å²) < 4.78 is 11.9. The zero-order valence-electron chi connectivity index (χ0n) is 22.5. The predicted octanol–water partition coefficient (Wildman–Crippen LogP) is 2.27. The molecule has 2 saturated heterocycles. The molecule has 2 fully saturated rings. The average Bonchev–Trinajstić information content (AvgIpc) is 3.62. The van der Waals surface area contributed by atoms with Crippen LogP contribution in [0.4, 0.5) is 0 Å². The number of Topliss-reactive ketones (excluding diaryl/α,β-unsaturated/α-hetero) is 1. The van der Waals surface area contributed by atoms with Crippen molar-refractivity contribution in [2.24, 2.45) is 23.2 Å². The third-order valence-electron chi connectivity index (χ3n) is 9.27. The van der Waals surface area contributed by atoms with Gasteiger partial charge in [-0.3, -0.25) is 14.4 Å². The first-order valence-corrected chi connectivity index (χ1v) is 13.4. The Bertz CT molecular complexity index is 1200. The molecule has 0 bridgehead atoms. The van der Waals surface area contributed by atoms with E-state index in [-0.39, 0.29) is 17.7 Å². The number of carbonyl (C=O) groups is 3. The molecule has 2 aliphatic heterocycles. The minimum Gasteiger partial charge on any atom is -0.458 e. The lowest BCUT2D eigenvalue weighted by Crippen LogP contribution is -2.60. The number of hydrogen-bond acceptors (Lipinski definition) is 7. The Labute approximate surface area is 223 Å². The zero-order chi connectivity index (χ0) is 27.6. The fourth-order valence-electron chi connectivity index (χ4n) is 7.27. The maximum Gasteiger partial charge on any atom is 0.303 e. The van der Waals surface area contributed by atoms with Gasteiger partial charge in [0.05, 0.1) is 6.10 Å². The molecule has 38 heavy (non-hydrogen) atoms. The van der Waals surface area contributed by atoms with E-state index >= 15 is 0 Å². The molecule has 4 aliphatic rings. The smallest absolute Gasteiger partial charge is 0.303 e. The summed E-state index contributed by atoms with van der Waals surface area (Å²) >= 11 is 0. The third kappa shape index (κ3) is 3.96. The molecule has 1 aromatic rings. The molecule has 3 N–H and O–H groups in total. The lowest BCUT2D eigenvalue weighted by molar-refractivity contribution is -0.169. The Morgan fingerprint density at radius 1 is 1.18 bits per heavy atom. The molecular formula is C30H37NO7. The summed E-state index contributed by atoms with van der Waals surface area (Å²) in [5, 5.41) is 26.1. The maximum absolute atomic E-state index is 14.3. The van der Waals surface area contributed by atoms with Crippen LogP contribution in [0.15, 0.2) is 53.6 Å². The Kier molecular flexibility index (Phi) is 6.65. The largest absolute Gasteiger partial charge is 0.458 e. The fraction of sp³-hybridized carbons (Fsp3) is 0.567. The number of rotatable bonds is 3. The highest BCUT2D eigenvalue weighted by molar-refractivity contribution is 5.91. The molecule has 8 nitrogen and oxygen atoms in total. The van der Waals surface area contributed by atoms with Crippen LogP contribution in [-0.4, -0.2) is 63.9 Å². The number of fused-ring (bicyclic) bond motifs is 1. The molecule has 0 unspecified atom stereocenters. The molecule has 0 radical (unpaired) electrons. The van der Waals surface area contributed by atoms with Crippen molar-refractivity contribution in [3.05, 3.63) is 59.2 Å². The van der Waals surface area contributed by atoms with Gasteiger partial charge < -0.3 is 25.0 Å². The highest BCUT2D eigenvalue weighted by Gasteiger charge is 2.73. The number of carbonyl (C=O) groups excluding carboxylic acids is 3. The van der Waals surface area contributed by atoms with E-state index in [1.807, 2.05) is 44.2 Å². The molecule has 1 spiro atoms. The molecule has 0 saturated carbocycles. The number of esters is 1. The molecule has 10 atom stereocenters. The number of ether oxygens (including phenoxy) is 2. The van der Waals surface area contributed by atoms with Crippen LogP contribution in [0.3, 0.4) is 0 Å². The van der Waals surface area contributed by atoms with E-state index in [9.17, 15) is 24.6 Å². The zero-order valence-corrected chi connectivity index (χ0v) is 22.5. The Hall–Kier alpha value is -2.81. The van der Waals surface area contributed by atoms with Gasteiger partial charge >= 0.3 is 5.97 Å². The van der Waals surface area contributed by atoms with Crippen molar-refractivity contribution in [1.82, 2.24) is 5.32 Å². The summed E-state index contributed by atoms with van der Waals surface area (Å²) in [6.07, 6.45) is 0.510. The van der Waals surface area contributed by atoms with Crippen molar-refractivity contribution in [3.8, 4) is 0 Å². The molecule has 1 aromatic carbocycles. The quantitative estimate of drug-likeness (QED) is 0.315. The second-order valence-corrected chi connectivity index (χ2v) is 11.6. The van der Waals surface area contributed by atoms with Crippen LogP contribution in [0.25, 0.3) is 0 Å². The van der Waals surface area contributed by atoms with Crippen LogP contribution in [-0.2, 0) is 30.3 Å².